The average molecular weight is 232 g/mol. The van der Waals surface area contributed by atoms with Crippen molar-refractivity contribution < 1.29 is 18.3 Å². The number of hydrogen-bond donors (Lipinski definition) is 0. The van der Waals surface area contributed by atoms with E-state index in [2.05, 4.69) is 18.6 Å². The zero-order valence-corrected chi connectivity index (χ0v) is 9.66. The van der Waals surface area contributed by atoms with Gasteiger partial charge in [0.05, 0.1) is 5.92 Å². The molecule has 5 unspecified atom stereocenters. The van der Waals surface area contributed by atoms with E-state index >= 15 is 0 Å². The van der Waals surface area contributed by atoms with Crippen LogP contribution >= 0.6 is 0 Å². The highest BCUT2D eigenvalue weighted by molar-refractivity contribution is 5.73. The molecule has 0 aliphatic heterocycles. The number of rotatable bonds is 3. The minimum absolute atomic E-state index is 0.130. The molecule has 4 heteroatoms. The molecule has 92 valence electrons. The van der Waals surface area contributed by atoms with Gasteiger partial charge < -0.3 is 4.74 Å². The van der Waals surface area contributed by atoms with Gasteiger partial charge in [0.2, 0.25) is 0 Å². The van der Waals surface area contributed by atoms with Crippen molar-refractivity contribution >= 4 is 5.97 Å². The maximum atomic E-state index is 11.9. The lowest BCUT2D eigenvalue weighted by Gasteiger charge is -2.30. The molecule has 0 aromatic heterocycles. The summed E-state index contributed by atoms with van der Waals surface area (Å²) in [4.78, 5) is 11.6. The van der Waals surface area contributed by atoms with Crippen LogP contribution in [0.25, 0.3) is 0 Å². The summed E-state index contributed by atoms with van der Waals surface area (Å²) in [6.45, 7) is 3.62. The minimum atomic E-state index is -2.56. The summed E-state index contributed by atoms with van der Waals surface area (Å²) in [7, 11) is 0. The van der Waals surface area contributed by atoms with Gasteiger partial charge in [0.25, 0.3) is 6.43 Å². The Morgan fingerprint density at radius 1 is 1.31 bits per heavy atom. The molecule has 0 amide bonds. The Labute approximate surface area is 94.3 Å². The minimum Gasteiger partial charge on any atom is -0.459 e. The van der Waals surface area contributed by atoms with Crippen LogP contribution in [0.3, 0.4) is 0 Å². The quantitative estimate of drug-likeness (QED) is 0.699. The number of fused-ring (bicyclic) bond motifs is 2. The van der Waals surface area contributed by atoms with Crippen LogP contribution < -0.4 is 0 Å². The van der Waals surface area contributed by atoms with Crippen LogP contribution in [0.1, 0.15) is 26.7 Å². The van der Waals surface area contributed by atoms with Gasteiger partial charge in [-0.25, -0.2) is 8.78 Å². The average Bonchev–Trinajstić information content (AvgIpc) is 2.77. The van der Waals surface area contributed by atoms with Crippen molar-refractivity contribution in [2.24, 2.45) is 29.6 Å². The third-order valence-corrected chi connectivity index (χ3v) is 4.55. The fourth-order valence-electron chi connectivity index (χ4n) is 3.46. The predicted octanol–water partition coefficient (Wildman–Crippen LogP) is 2.72. The van der Waals surface area contributed by atoms with Crippen LogP contribution in [0.15, 0.2) is 0 Å². The molecule has 0 heterocycles. The Morgan fingerprint density at radius 2 is 2.00 bits per heavy atom. The Kier molecular flexibility index (Phi) is 3.17. The van der Waals surface area contributed by atoms with E-state index in [1.54, 1.807) is 0 Å². The number of halogens is 2. The van der Waals surface area contributed by atoms with Gasteiger partial charge in [-0.2, -0.15) is 0 Å². The van der Waals surface area contributed by atoms with Gasteiger partial charge in [-0.1, -0.05) is 13.8 Å². The molecule has 0 radical (unpaired) electrons. The fraction of sp³-hybridized carbons (Fsp3) is 0.917. The van der Waals surface area contributed by atoms with E-state index in [-0.39, 0.29) is 5.92 Å². The topological polar surface area (TPSA) is 26.3 Å². The lowest BCUT2D eigenvalue weighted by molar-refractivity contribution is -0.155. The molecule has 2 aliphatic carbocycles. The molecule has 5 atom stereocenters. The molecule has 2 saturated carbocycles. The highest BCUT2D eigenvalue weighted by Crippen LogP contribution is 2.55. The van der Waals surface area contributed by atoms with Gasteiger partial charge >= 0.3 is 5.97 Å². The zero-order valence-electron chi connectivity index (χ0n) is 9.66. The van der Waals surface area contributed by atoms with Gasteiger partial charge in [0, 0.05) is 0 Å². The van der Waals surface area contributed by atoms with Crippen molar-refractivity contribution in [3.63, 3.8) is 0 Å². The molecule has 2 nitrogen and oxygen atoms in total. The number of alkyl halides is 2. The van der Waals surface area contributed by atoms with E-state index in [1.807, 2.05) is 0 Å². The van der Waals surface area contributed by atoms with Gasteiger partial charge in [0.15, 0.2) is 6.61 Å². The van der Waals surface area contributed by atoms with E-state index < -0.39 is 19.0 Å². The summed E-state index contributed by atoms with van der Waals surface area (Å²) in [5.74, 6) is 1.57. The van der Waals surface area contributed by atoms with Gasteiger partial charge in [0.1, 0.15) is 0 Å². The smallest absolute Gasteiger partial charge is 0.309 e. The summed E-state index contributed by atoms with van der Waals surface area (Å²) >= 11 is 0. The highest BCUT2D eigenvalue weighted by Gasteiger charge is 2.51. The third kappa shape index (κ3) is 1.94. The van der Waals surface area contributed by atoms with Crippen molar-refractivity contribution in [2.45, 2.75) is 33.1 Å². The summed E-state index contributed by atoms with van der Waals surface area (Å²) < 4.78 is 28.5. The molecular formula is C12H18F2O2. The van der Waals surface area contributed by atoms with E-state index in [4.69, 9.17) is 0 Å². The second-order valence-electron chi connectivity index (χ2n) is 5.24. The highest BCUT2D eigenvalue weighted by atomic mass is 19.3. The van der Waals surface area contributed by atoms with Crippen LogP contribution in [0.2, 0.25) is 0 Å². The number of ether oxygens (including phenoxy) is 1. The standard InChI is InChI=1S/C12H18F2O2/c1-6-7(2)9-3-8(6)4-10(9)12(15)16-5-11(13)14/h6-11H,3-5H2,1-2H3. The fourth-order valence-corrected chi connectivity index (χ4v) is 3.46. The van der Waals surface area contributed by atoms with E-state index in [0.717, 1.165) is 12.8 Å². The molecular weight excluding hydrogens is 214 g/mol. The second-order valence-corrected chi connectivity index (χ2v) is 5.24. The first-order valence-corrected chi connectivity index (χ1v) is 5.95. The first-order chi connectivity index (χ1) is 7.50. The van der Waals surface area contributed by atoms with E-state index in [1.165, 1.54) is 0 Å². The van der Waals surface area contributed by atoms with Crippen molar-refractivity contribution in [3.05, 3.63) is 0 Å². The SMILES string of the molecule is CC1C2CC(C(=O)OCC(F)F)C(C2)C1C. The molecule has 2 fully saturated rings. The van der Waals surface area contributed by atoms with Crippen LogP contribution in [-0.4, -0.2) is 19.0 Å². The Balaban J connectivity index is 1.91. The molecule has 2 bridgehead atoms. The van der Waals surface area contributed by atoms with Gasteiger partial charge in [-0.3, -0.25) is 4.79 Å². The molecule has 0 aromatic carbocycles. The second kappa shape index (κ2) is 4.30. The molecule has 16 heavy (non-hydrogen) atoms. The van der Waals surface area contributed by atoms with Gasteiger partial charge in [-0.15, -0.1) is 0 Å². The molecule has 0 N–H and O–H groups in total. The lowest BCUT2D eigenvalue weighted by atomic mass is 9.76. The van der Waals surface area contributed by atoms with E-state index in [9.17, 15) is 13.6 Å². The van der Waals surface area contributed by atoms with Crippen molar-refractivity contribution in [2.75, 3.05) is 6.61 Å². The number of carbonyl (C=O) groups excluding carboxylic acids is 1. The summed E-state index contributed by atoms with van der Waals surface area (Å²) in [6.07, 6.45) is -0.659. The summed E-state index contributed by atoms with van der Waals surface area (Å²) in [5.41, 5.74) is 0. The largest absolute Gasteiger partial charge is 0.459 e. The maximum absolute atomic E-state index is 11.9. The molecule has 2 aliphatic rings. The van der Waals surface area contributed by atoms with Crippen LogP contribution in [0.5, 0.6) is 0 Å². The molecule has 0 saturated heterocycles. The van der Waals surface area contributed by atoms with Crippen molar-refractivity contribution in [3.8, 4) is 0 Å². The Morgan fingerprint density at radius 3 is 2.50 bits per heavy atom. The first kappa shape index (κ1) is 11.8. The van der Waals surface area contributed by atoms with Crippen LogP contribution in [0.4, 0.5) is 8.78 Å². The number of carbonyl (C=O) groups is 1. The zero-order chi connectivity index (χ0) is 11.9. The summed E-state index contributed by atoms with van der Waals surface area (Å²) in [6, 6.07) is 0. The predicted molar refractivity (Wildman–Crippen MR) is 55.0 cm³/mol. The molecule has 0 aromatic rings. The van der Waals surface area contributed by atoms with Crippen LogP contribution in [-0.2, 0) is 9.53 Å². The summed E-state index contributed by atoms with van der Waals surface area (Å²) in [5, 5.41) is 0. The van der Waals surface area contributed by atoms with Gasteiger partial charge in [-0.05, 0) is 36.5 Å². The Bertz CT molecular complexity index is 278. The van der Waals surface area contributed by atoms with E-state index in [0.29, 0.717) is 23.7 Å². The monoisotopic (exact) mass is 232 g/mol. The van der Waals surface area contributed by atoms with Crippen molar-refractivity contribution in [1.82, 2.24) is 0 Å². The Hall–Kier alpha value is -0.670. The van der Waals surface area contributed by atoms with Crippen molar-refractivity contribution in [1.29, 1.82) is 0 Å². The van der Waals surface area contributed by atoms with Crippen LogP contribution in [0, 0.1) is 29.6 Å². The molecule has 2 rings (SSSR count). The lowest BCUT2D eigenvalue weighted by Crippen LogP contribution is -2.31. The third-order valence-electron chi connectivity index (χ3n) is 4.55. The number of esters is 1. The molecule has 0 spiro atoms. The number of hydrogen-bond acceptors (Lipinski definition) is 2. The first-order valence-electron chi connectivity index (χ1n) is 5.95. The normalized spacial score (nSPS) is 41.7. The maximum Gasteiger partial charge on any atom is 0.309 e.